The van der Waals surface area contributed by atoms with E-state index < -0.39 is 0 Å². The molecule has 0 radical (unpaired) electrons. The van der Waals surface area contributed by atoms with Crippen LogP contribution in [0.25, 0.3) is 0 Å². The van der Waals surface area contributed by atoms with Crippen LogP contribution in [0.5, 0.6) is 0 Å². The Hall–Kier alpha value is -2.58. The van der Waals surface area contributed by atoms with Gasteiger partial charge in [0.05, 0.1) is 0 Å². The average molecular weight is 498 g/mol. The van der Waals surface area contributed by atoms with E-state index in [-0.39, 0.29) is 5.92 Å². The first kappa shape index (κ1) is 24.1. The molecular weight excluding hydrogens is 462 g/mol. The van der Waals surface area contributed by atoms with Gasteiger partial charge in [-0.15, -0.1) is 10.2 Å². The second-order valence-electron chi connectivity index (χ2n) is 9.72. The molecule has 0 aliphatic carbocycles. The molecule has 3 aliphatic heterocycles. The minimum Gasteiger partial charge on any atom is -0.368 e. The number of piperazine rings is 2. The van der Waals surface area contributed by atoms with Gasteiger partial charge in [0.1, 0.15) is 0 Å². The van der Waals surface area contributed by atoms with Crippen molar-refractivity contribution in [1.29, 1.82) is 0 Å². The molecular formula is C26H36ClN7O. The zero-order valence-corrected chi connectivity index (χ0v) is 21.4. The number of carbonyl (C=O) groups is 1. The highest BCUT2D eigenvalue weighted by Gasteiger charge is 2.31. The lowest BCUT2D eigenvalue weighted by atomic mass is 9.95. The van der Waals surface area contributed by atoms with Crippen molar-refractivity contribution in [2.24, 2.45) is 5.92 Å². The first-order valence-electron chi connectivity index (χ1n) is 13.0. The SMILES string of the molecule is CCN1CCN(c2ccc(N3CCC(C(=O)N4CCN(c5cccc(Cl)c5)CC4)CC3)nn2)CC1. The second-order valence-corrected chi connectivity index (χ2v) is 10.2. The Balaban J connectivity index is 1.09. The first-order valence-corrected chi connectivity index (χ1v) is 13.3. The minimum atomic E-state index is 0.103. The summed E-state index contributed by atoms with van der Waals surface area (Å²) in [6.45, 7) is 12.4. The average Bonchev–Trinajstić information content (AvgIpc) is 2.93. The van der Waals surface area contributed by atoms with Crippen LogP contribution in [0.3, 0.4) is 0 Å². The lowest BCUT2D eigenvalue weighted by molar-refractivity contribution is -0.136. The van der Waals surface area contributed by atoms with Gasteiger partial charge in [0.15, 0.2) is 11.6 Å². The van der Waals surface area contributed by atoms with E-state index in [4.69, 9.17) is 11.6 Å². The van der Waals surface area contributed by atoms with Gasteiger partial charge >= 0.3 is 0 Å². The molecule has 35 heavy (non-hydrogen) atoms. The third-order valence-electron chi connectivity index (χ3n) is 7.71. The molecule has 3 aliphatic rings. The Morgan fingerprint density at radius 2 is 1.43 bits per heavy atom. The number of likely N-dealkylation sites (N-methyl/N-ethyl adjacent to an activating group) is 1. The fraction of sp³-hybridized carbons (Fsp3) is 0.577. The molecule has 0 unspecified atom stereocenters. The normalized spacial score (nSPS) is 20.4. The van der Waals surface area contributed by atoms with Gasteiger partial charge in [0.2, 0.25) is 5.91 Å². The molecule has 5 rings (SSSR count). The molecule has 4 heterocycles. The summed E-state index contributed by atoms with van der Waals surface area (Å²) in [6, 6.07) is 12.1. The van der Waals surface area contributed by atoms with Crippen LogP contribution in [0, 0.1) is 5.92 Å². The van der Waals surface area contributed by atoms with E-state index in [2.05, 4.69) is 54.9 Å². The van der Waals surface area contributed by atoms with Gasteiger partial charge in [-0.1, -0.05) is 24.6 Å². The van der Waals surface area contributed by atoms with Crippen molar-refractivity contribution in [3.05, 3.63) is 41.4 Å². The molecule has 3 saturated heterocycles. The van der Waals surface area contributed by atoms with Crippen LogP contribution in [0.1, 0.15) is 19.8 Å². The topological polar surface area (TPSA) is 59.1 Å². The number of benzene rings is 1. The molecule has 188 valence electrons. The Bertz CT molecular complexity index is 979. The third kappa shape index (κ3) is 5.64. The smallest absolute Gasteiger partial charge is 0.225 e. The van der Waals surface area contributed by atoms with E-state index in [1.165, 1.54) is 0 Å². The molecule has 0 saturated carbocycles. The highest BCUT2D eigenvalue weighted by atomic mass is 35.5. The van der Waals surface area contributed by atoms with E-state index >= 15 is 0 Å². The highest BCUT2D eigenvalue weighted by molar-refractivity contribution is 6.30. The Kier molecular flexibility index (Phi) is 7.58. The maximum atomic E-state index is 13.2. The van der Waals surface area contributed by atoms with Crippen LogP contribution < -0.4 is 14.7 Å². The molecule has 1 aromatic heterocycles. The molecule has 0 N–H and O–H groups in total. The number of hydrogen-bond acceptors (Lipinski definition) is 7. The van der Waals surface area contributed by atoms with Crippen molar-refractivity contribution in [2.75, 3.05) is 86.7 Å². The molecule has 0 spiro atoms. The number of halogens is 1. The van der Waals surface area contributed by atoms with Crippen molar-refractivity contribution in [3.8, 4) is 0 Å². The summed E-state index contributed by atoms with van der Waals surface area (Å²) in [5.74, 6) is 2.29. The summed E-state index contributed by atoms with van der Waals surface area (Å²) in [5, 5.41) is 9.80. The van der Waals surface area contributed by atoms with Crippen molar-refractivity contribution >= 4 is 34.8 Å². The quantitative estimate of drug-likeness (QED) is 0.629. The predicted molar refractivity (Wildman–Crippen MR) is 142 cm³/mol. The summed E-state index contributed by atoms with van der Waals surface area (Å²) in [7, 11) is 0. The fourth-order valence-corrected chi connectivity index (χ4v) is 5.60. The molecule has 8 nitrogen and oxygen atoms in total. The standard InChI is InChI=1S/C26H36ClN7O/c1-2-30-12-14-33(15-13-30)25-7-6-24(28-29-25)32-10-8-21(9-11-32)26(35)34-18-16-31(17-19-34)23-5-3-4-22(27)20-23/h3-7,20-21H,2,8-19H2,1H3. The van der Waals surface area contributed by atoms with Crippen molar-refractivity contribution in [2.45, 2.75) is 19.8 Å². The lowest BCUT2D eigenvalue weighted by Crippen LogP contribution is -2.51. The number of rotatable bonds is 5. The number of carbonyl (C=O) groups excluding carboxylic acids is 1. The first-order chi connectivity index (χ1) is 17.1. The van der Waals surface area contributed by atoms with Crippen LogP contribution in [0.2, 0.25) is 5.02 Å². The van der Waals surface area contributed by atoms with Crippen LogP contribution in [-0.4, -0.2) is 97.9 Å². The highest BCUT2D eigenvalue weighted by Crippen LogP contribution is 2.26. The summed E-state index contributed by atoms with van der Waals surface area (Å²) in [4.78, 5) is 24.6. The molecule has 2 aromatic rings. The summed E-state index contributed by atoms with van der Waals surface area (Å²) >= 11 is 6.15. The van der Waals surface area contributed by atoms with Gasteiger partial charge in [-0.05, 0) is 49.7 Å². The Morgan fingerprint density at radius 3 is 2.00 bits per heavy atom. The van der Waals surface area contributed by atoms with Gasteiger partial charge < -0.3 is 24.5 Å². The van der Waals surface area contributed by atoms with Crippen LogP contribution in [-0.2, 0) is 4.79 Å². The number of piperidine rings is 1. The molecule has 9 heteroatoms. The summed E-state index contributed by atoms with van der Waals surface area (Å²) in [6.07, 6.45) is 1.74. The van der Waals surface area contributed by atoms with E-state index in [9.17, 15) is 4.79 Å². The minimum absolute atomic E-state index is 0.103. The third-order valence-corrected chi connectivity index (χ3v) is 7.95. The fourth-order valence-electron chi connectivity index (χ4n) is 5.42. The molecule has 1 aromatic carbocycles. The molecule has 0 bridgehead atoms. The second kappa shape index (κ2) is 11.0. The number of aromatic nitrogens is 2. The monoisotopic (exact) mass is 497 g/mol. The number of amides is 1. The van der Waals surface area contributed by atoms with Gasteiger partial charge in [0, 0.05) is 82.1 Å². The van der Waals surface area contributed by atoms with Crippen molar-refractivity contribution in [1.82, 2.24) is 20.0 Å². The zero-order valence-electron chi connectivity index (χ0n) is 20.7. The largest absolute Gasteiger partial charge is 0.368 e. The molecule has 3 fully saturated rings. The Labute approximate surface area is 213 Å². The molecule has 1 amide bonds. The van der Waals surface area contributed by atoms with Crippen LogP contribution in [0.15, 0.2) is 36.4 Å². The Morgan fingerprint density at radius 1 is 0.829 bits per heavy atom. The van der Waals surface area contributed by atoms with Crippen LogP contribution >= 0.6 is 11.6 Å². The van der Waals surface area contributed by atoms with E-state index in [0.717, 1.165) is 107 Å². The van der Waals surface area contributed by atoms with E-state index in [1.807, 2.05) is 23.1 Å². The van der Waals surface area contributed by atoms with Crippen molar-refractivity contribution in [3.63, 3.8) is 0 Å². The zero-order chi connectivity index (χ0) is 24.2. The van der Waals surface area contributed by atoms with Gasteiger partial charge in [0.25, 0.3) is 0 Å². The number of anilines is 3. The van der Waals surface area contributed by atoms with Gasteiger partial charge in [-0.2, -0.15) is 0 Å². The van der Waals surface area contributed by atoms with Gasteiger partial charge in [-0.25, -0.2) is 0 Å². The summed E-state index contributed by atoms with van der Waals surface area (Å²) < 4.78 is 0. The predicted octanol–water partition coefficient (Wildman–Crippen LogP) is 2.84. The van der Waals surface area contributed by atoms with Gasteiger partial charge in [-0.3, -0.25) is 4.79 Å². The molecule has 0 atom stereocenters. The number of hydrogen-bond donors (Lipinski definition) is 0. The van der Waals surface area contributed by atoms with E-state index in [0.29, 0.717) is 5.91 Å². The number of nitrogens with zero attached hydrogens (tertiary/aromatic N) is 7. The maximum Gasteiger partial charge on any atom is 0.225 e. The maximum absolute atomic E-state index is 13.2. The van der Waals surface area contributed by atoms with Crippen LogP contribution in [0.4, 0.5) is 17.3 Å². The summed E-state index contributed by atoms with van der Waals surface area (Å²) in [5.41, 5.74) is 1.13. The van der Waals surface area contributed by atoms with E-state index in [1.54, 1.807) is 0 Å². The lowest BCUT2D eigenvalue weighted by Gasteiger charge is -2.39. The van der Waals surface area contributed by atoms with Crippen molar-refractivity contribution < 1.29 is 4.79 Å².